The lowest BCUT2D eigenvalue weighted by Crippen LogP contribution is -2.12. The Kier molecular flexibility index (Phi) is 5.25. The maximum absolute atomic E-state index is 12.3. The summed E-state index contributed by atoms with van der Waals surface area (Å²) in [6.45, 7) is 3.70. The van der Waals surface area contributed by atoms with Crippen LogP contribution in [0.2, 0.25) is 0 Å². The molecular formula is C22H16O4. The maximum Gasteiger partial charge on any atom is 0.343 e. The van der Waals surface area contributed by atoms with E-state index in [1.165, 1.54) is 0 Å². The van der Waals surface area contributed by atoms with E-state index >= 15 is 0 Å². The van der Waals surface area contributed by atoms with E-state index in [1.54, 1.807) is 72.8 Å². The minimum Gasteiger partial charge on any atom is -0.419 e. The first-order chi connectivity index (χ1) is 12.7. The van der Waals surface area contributed by atoms with Gasteiger partial charge in [-0.05, 0) is 42.0 Å². The van der Waals surface area contributed by atoms with Gasteiger partial charge in [-0.1, -0.05) is 55.1 Å². The van der Waals surface area contributed by atoms with Crippen LogP contribution in [0, 0.1) is 0 Å². The van der Waals surface area contributed by atoms with Gasteiger partial charge in [0.05, 0.1) is 11.1 Å². The zero-order valence-corrected chi connectivity index (χ0v) is 13.9. The number of esters is 2. The third-order valence-electron chi connectivity index (χ3n) is 3.63. The Balaban J connectivity index is 1.87. The van der Waals surface area contributed by atoms with E-state index in [0.29, 0.717) is 11.1 Å². The van der Waals surface area contributed by atoms with Gasteiger partial charge in [0.25, 0.3) is 0 Å². The fourth-order valence-electron chi connectivity index (χ4n) is 2.28. The minimum absolute atomic E-state index is 0.153. The average Bonchev–Trinajstić information content (AvgIpc) is 2.70. The zero-order chi connectivity index (χ0) is 18.4. The smallest absolute Gasteiger partial charge is 0.343 e. The molecule has 0 atom stereocenters. The SMILES string of the molecule is C=Cc1ccc(OC(=O)c2ccccc2)c(OC(=O)c2ccccc2)c1. The normalized spacial score (nSPS) is 10.0. The van der Waals surface area contributed by atoms with Gasteiger partial charge in [-0.3, -0.25) is 0 Å². The molecule has 0 saturated heterocycles. The van der Waals surface area contributed by atoms with E-state index in [-0.39, 0.29) is 11.5 Å². The van der Waals surface area contributed by atoms with Crippen molar-refractivity contribution >= 4 is 18.0 Å². The topological polar surface area (TPSA) is 52.6 Å². The predicted octanol–water partition coefficient (Wildman–Crippen LogP) is 4.77. The Bertz CT molecular complexity index is 931. The molecule has 4 heteroatoms. The number of hydrogen-bond acceptors (Lipinski definition) is 4. The van der Waals surface area contributed by atoms with Crippen molar-refractivity contribution in [3.8, 4) is 11.5 Å². The molecule has 0 aliphatic heterocycles. The van der Waals surface area contributed by atoms with Crippen LogP contribution < -0.4 is 9.47 Å². The van der Waals surface area contributed by atoms with Crippen LogP contribution in [0.5, 0.6) is 11.5 Å². The van der Waals surface area contributed by atoms with Gasteiger partial charge in [0.1, 0.15) is 0 Å². The highest BCUT2D eigenvalue weighted by atomic mass is 16.6. The van der Waals surface area contributed by atoms with Gasteiger partial charge < -0.3 is 9.47 Å². The monoisotopic (exact) mass is 344 g/mol. The molecule has 0 aliphatic rings. The molecule has 0 heterocycles. The Morgan fingerprint density at radius 2 is 1.19 bits per heavy atom. The van der Waals surface area contributed by atoms with Crippen LogP contribution in [0.4, 0.5) is 0 Å². The third-order valence-corrected chi connectivity index (χ3v) is 3.63. The molecule has 0 spiro atoms. The Morgan fingerprint density at radius 1 is 0.692 bits per heavy atom. The average molecular weight is 344 g/mol. The molecule has 0 aliphatic carbocycles. The van der Waals surface area contributed by atoms with Crippen LogP contribution in [0.1, 0.15) is 26.3 Å². The number of hydrogen-bond donors (Lipinski definition) is 0. The first kappa shape index (κ1) is 17.2. The van der Waals surface area contributed by atoms with Gasteiger partial charge in [-0.25, -0.2) is 9.59 Å². The Morgan fingerprint density at radius 3 is 1.69 bits per heavy atom. The summed E-state index contributed by atoms with van der Waals surface area (Å²) >= 11 is 0. The molecule has 0 radical (unpaired) electrons. The lowest BCUT2D eigenvalue weighted by molar-refractivity contribution is 0.0682. The molecule has 0 N–H and O–H groups in total. The third kappa shape index (κ3) is 4.05. The van der Waals surface area contributed by atoms with Gasteiger partial charge >= 0.3 is 11.9 Å². The van der Waals surface area contributed by atoms with Crippen LogP contribution >= 0.6 is 0 Å². The number of ether oxygens (including phenoxy) is 2. The second kappa shape index (κ2) is 7.94. The Labute approximate surface area is 151 Å². The first-order valence-electron chi connectivity index (χ1n) is 7.98. The van der Waals surface area contributed by atoms with Crippen molar-refractivity contribution in [2.75, 3.05) is 0 Å². The van der Waals surface area contributed by atoms with E-state index in [9.17, 15) is 9.59 Å². The van der Waals surface area contributed by atoms with E-state index in [4.69, 9.17) is 9.47 Å². The molecule has 26 heavy (non-hydrogen) atoms. The molecular weight excluding hydrogens is 328 g/mol. The summed E-state index contributed by atoms with van der Waals surface area (Å²) in [5.41, 5.74) is 1.54. The standard InChI is InChI=1S/C22H16O4/c1-2-16-13-14-19(25-21(23)17-9-5-3-6-10-17)20(15-16)26-22(24)18-11-7-4-8-12-18/h2-15H,1H2. The van der Waals surface area contributed by atoms with Gasteiger partial charge in [0, 0.05) is 0 Å². The van der Waals surface area contributed by atoms with Gasteiger partial charge in [-0.15, -0.1) is 0 Å². The summed E-state index contributed by atoms with van der Waals surface area (Å²) in [7, 11) is 0. The highest BCUT2D eigenvalue weighted by molar-refractivity contribution is 5.93. The maximum atomic E-state index is 12.3. The number of rotatable bonds is 5. The molecule has 3 rings (SSSR count). The second-order valence-electron chi connectivity index (χ2n) is 5.42. The van der Waals surface area contributed by atoms with Crippen molar-refractivity contribution in [3.63, 3.8) is 0 Å². The van der Waals surface area contributed by atoms with Crippen molar-refractivity contribution in [3.05, 3.63) is 102 Å². The molecule has 0 amide bonds. The summed E-state index contributed by atoms with van der Waals surface area (Å²) in [5.74, 6) is -0.757. The molecule has 0 saturated carbocycles. The van der Waals surface area contributed by atoms with Crippen molar-refractivity contribution < 1.29 is 19.1 Å². The van der Waals surface area contributed by atoms with E-state index in [2.05, 4.69) is 6.58 Å². The molecule has 128 valence electrons. The summed E-state index contributed by atoms with van der Waals surface area (Å²) in [6, 6.07) is 22.1. The highest BCUT2D eigenvalue weighted by Gasteiger charge is 2.16. The minimum atomic E-state index is -0.538. The summed E-state index contributed by atoms with van der Waals surface area (Å²) in [6.07, 6.45) is 1.61. The van der Waals surface area contributed by atoms with Crippen molar-refractivity contribution in [2.24, 2.45) is 0 Å². The van der Waals surface area contributed by atoms with Crippen molar-refractivity contribution in [1.82, 2.24) is 0 Å². The molecule has 0 bridgehead atoms. The molecule has 4 nitrogen and oxygen atoms in total. The van der Waals surface area contributed by atoms with Crippen LogP contribution in [0.3, 0.4) is 0 Å². The van der Waals surface area contributed by atoms with Gasteiger partial charge in [-0.2, -0.15) is 0 Å². The number of carbonyl (C=O) groups is 2. The number of carbonyl (C=O) groups excluding carboxylic acids is 2. The summed E-state index contributed by atoms with van der Waals surface area (Å²) < 4.78 is 10.9. The summed E-state index contributed by atoms with van der Waals surface area (Å²) in [5, 5.41) is 0. The fourth-order valence-corrected chi connectivity index (χ4v) is 2.28. The molecule has 0 aromatic heterocycles. The lowest BCUT2D eigenvalue weighted by atomic mass is 10.2. The number of benzene rings is 3. The van der Waals surface area contributed by atoms with Gasteiger partial charge in [0.15, 0.2) is 11.5 Å². The van der Waals surface area contributed by atoms with Gasteiger partial charge in [0.2, 0.25) is 0 Å². The molecule has 0 unspecified atom stereocenters. The molecule has 0 fully saturated rings. The molecule has 3 aromatic rings. The lowest BCUT2D eigenvalue weighted by Gasteiger charge is -2.11. The van der Waals surface area contributed by atoms with Crippen molar-refractivity contribution in [2.45, 2.75) is 0 Å². The van der Waals surface area contributed by atoms with E-state index in [1.807, 2.05) is 12.1 Å². The highest BCUT2D eigenvalue weighted by Crippen LogP contribution is 2.30. The van der Waals surface area contributed by atoms with E-state index in [0.717, 1.165) is 5.56 Å². The van der Waals surface area contributed by atoms with Crippen LogP contribution in [0.25, 0.3) is 6.08 Å². The summed E-state index contributed by atoms with van der Waals surface area (Å²) in [4.78, 5) is 24.6. The quantitative estimate of drug-likeness (QED) is 0.494. The van der Waals surface area contributed by atoms with E-state index < -0.39 is 11.9 Å². The molecule has 3 aromatic carbocycles. The van der Waals surface area contributed by atoms with Crippen molar-refractivity contribution in [1.29, 1.82) is 0 Å². The second-order valence-corrected chi connectivity index (χ2v) is 5.42. The zero-order valence-electron chi connectivity index (χ0n) is 13.9. The fraction of sp³-hybridized carbons (Fsp3) is 0. The van der Waals surface area contributed by atoms with Crippen LogP contribution in [-0.4, -0.2) is 11.9 Å². The first-order valence-corrected chi connectivity index (χ1v) is 7.98. The Hall–Kier alpha value is -3.66. The van der Waals surface area contributed by atoms with Crippen LogP contribution in [-0.2, 0) is 0 Å². The predicted molar refractivity (Wildman–Crippen MR) is 99.3 cm³/mol. The van der Waals surface area contributed by atoms with Crippen LogP contribution in [0.15, 0.2) is 85.4 Å². The largest absolute Gasteiger partial charge is 0.419 e.